The molecule has 19 heavy (non-hydrogen) atoms. The van der Waals surface area contributed by atoms with Gasteiger partial charge in [0.25, 0.3) is 0 Å². The Morgan fingerprint density at radius 3 is 2.58 bits per heavy atom. The van der Waals surface area contributed by atoms with Crippen LogP contribution in [0.3, 0.4) is 0 Å². The summed E-state index contributed by atoms with van der Waals surface area (Å²) < 4.78 is 1.11. The van der Waals surface area contributed by atoms with E-state index in [0.29, 0.717) is 12.6 Å². The van der Waals surface area contributed by atoms with E-state index in [1.54, 1.807) is 0 Å². The fourth-order valence-electron chi connectivity index (χ4n) is 2.79. The van der Waals surface area contributed by atoms with Gasteiger partial charge in [0.15, 0.2) is 0 Å². The van der Waals surface area contributed by atoms with Crippen LogP contribution in [-0.2, 0) is 6.54 Å². The van der Waals surface area contributed by atoms with Crippen LogP contribution >= 0.6 is 15.9 Å². The zero-order valence-corrected chi connectivity index (χ0v) is 13.5. The summed E-state index contributed by atoms with van der Waals surface area (Å²) in [6, 6.07) is 7.13. The molecule has 0 atom stereocenters. The monoisotopic (exact) mass is 325 g/mol. The lowest BCUT2D eigenvalue weighted by atomic mass is 10.0. The zero-order valence-electron chi connectivity index (χ0n) is 11.9. The summed E-state index contributed by atoms with van der Waals surface area (Å²) >= 11 is 3.58. The number of nitrogens with zero attached hydrogens (tertiary/aromatic N) is 2. The molecule has 1 aromatic rings. The van der Waals surface area contributed by atoms with Gasteiger partial charge in [-0.3, -0.25) is 0 Å². The van der Waals surface area contributed by atoms with Crippen molar-refractivity contribution in [3.05, 3.63) is 28.2 Å². The minimum Gasteiger partial charge on any atom is -0.371 e. The summed E-state index contributed by atoms with van der Waals surface area (Å²) in [7, 11) is 2.20. The number of halogens is 1. The third-order valence-corrected chi connectivity index (χ3v) is 4.60. The van der Waals surface area contributed by atoms with Crippen molar-refractivity contribution in [2.75, 3.05) is 31.6 Å². The summed E-state index contributed by atoms with van der Waals surface area (Å²) in [5.41, 5.74) is 8.21. The van der Waals surface area contributed by atoms with E-state index in [1.165, 1.54) is 43.7 Å². The van der Waals surface area contributed by atoms with Crippen molar-refractivity contribution in [1.82, 2.24) is 4.90 Å². The standard InChI is InChI=1S/C15H24BrN3/c1-3-19-6-4-14(5-7-19)18(2)15-9-12(11-17)8-13(16)10-15/h8-10,14H,3-7,11,17H2,1-2H3. The Bertz CT molecular complexity index is 414. The Hall–Kier alpha value is -0.580. The molecule has 2 N–H and O–H groups in total. The summed E-state index contributed by atoms with van der Waals surface area (Å²) in [5, 5.41) is 0. The number of hydrogen-bond acceptors (Lipinski definition) is 3. The molecule has 0 radical (unpaired) electrons. The first-order valence-electron chi connectivity index (χ1n) is 7.08. The number of rotatable bonds is 4. The first-order chi connectivity index (χ1) is 9.13. The molecule has 3 nitrogen and oxygen atoms in total. The molecule has 0 bridgehead atoms. The van der Waals surface area contributed by atoms with Gasteiger partial charge in [-0.05, 0) is 43.1 Å². The third kappa shape index (κ3) is 3.71. The lowest BCUT2D eigenvalue weighted by molar-refractivity contribution is 0.221. The van der Waals surface area contributed by atoms with Crippen molar-refractivity contribution < 1.29 is 0 Å². The first-order valence-corrected chi connectivity index (χ1v) is 7.88. The van der Waals surface area contributed by atoms with Crippen LogP contribution in [-0.4, -0.2) is 37.6 Å². The van der Waals surface area contributed by atoms with Crippen LogP contribution in [0.15, 0.2) is 22.7 Å². The maximum Gasteiger partial charge on any atom is 0.0380 e. The average molecular weight is 326 g/mol. The molecule has 1 heterocycles. The Kier molecular flexibility index (Phi) is 5.25. The second kappa shape index (κ2) is 6.73. The van der Waals surface area contributed by atoms with Crippen LogP contribution in [0.25, 0.3) is 0 Å². The van der Waals surface area contributed by atoms with Gasteiger partial charge in [0.05, 0.1) is 0 Å². The fourth-order valence-corrected chi connectivity index (χ4v) is 3.32. The molecule has 0 aliphatic carbocycles. The molecule has 0 aromatic heterocycles. The van der Waals surface area contributed by atoms with Crippen LogP contribution < -0.4 is 10.6 Å². The number of nitrogens with two attached hydrogens (primary N) is 1. The molecule has 0 spiro atoms. The number of anilines is 1. The smallest absolute Gasteiger partial charge is 0.0380 e. The number of benzene rings is 1. The van der Waals surface area contributed by atoms with Crippen molar-refractivity contribution in [2.24, 2.45) is 5.73 Å². The minimum absolute atomic E-state index is 0.592. The van der Waals surface area contributed by atoms with Crippen LogP contribution in [0, 0.1) is 0 Å². The zero-order chi connectivity index (χ0) is 13.8. The predicted octanol–water partition coefficient (Wildman–Crippen LogP) is 2.83. The highest BCUT2D eigenvalue weighted by atomic mass is 79.9. The Morgan fingerprint density at radius 1 is 1.32 bits per heavy atom. The fraction of sp³-hybridized carbons (Fsp3) is 0.600. The van der Waals surface area contributed by atoms with E-state index in [2.05, 4.69) is 57.9 Å². The van der Waals surface area contributed by atoms with E-state index in [1.807, 2.05) is 0 Å². The van der Waals surface area contributed by atoms with Crippen molar-refractivity contribution in [2.45, 2.75) is 32.4 Å². The normalized spacial score (nSPS) is 17.7. The summed E-state index contributed by atoms with van der Waals surface area (Å²) in [6.07, 6.45) is 2.49. The second-order valence-electron chi connectivity index (χ2n) is 5.30. The molecule has 1 aromatic carbocycles. The van der Waals surface area contributed by atoms with Crippen LogP contribution in [0.4, 0.5) is 5.69 Å². The average Bonchev–Trinajstić information content (AvgIpc) is 2.46. The van der Waals surface area contributed by atoms with E-state index in [-0.39, 0.29) is 0 Å². The SMILES string of the molecule is CCN1CCC(N(C)c2cc(Br)cc(CN)c2)CC1. The molecular weight excluding hydrogens is 302 g/mol. The van der Waals surface area contributed by atoms with Crippen molar-refractivity contribution in [3.8, 4) is 0 Å². The molecule has 106 valence electrons. The summed E-state index contributed by atoms with van der Waals surface area (Å²) in [5.74, 6) is 0. The maximum atomic E-state index is 5.76. The van der Waals surface area contributed by atoms with E-state index in [0.717, 1.165) is 4.47 Å². The van der Waals surface area contributed by atoms with E-state index < -0.39 is 0 Å². The van der Waals surface area contributed by atoms with E-state index in [4.69, 9.17) is 5.73 Å². The molecule has 1 saturated heterocycles. The quantitative estimate of drug-likeness (QED) is 0.923. The van der Waals surface area contributed by atoms with E-state index in [9.17, 15) is 0 Å². The molecule has 0 saturated carbocycles. The second-order valence-corrected chi connectivity index (χ2v) is 6.21. The molecule has 2 rings (SSSR count). The van der Waals surface area contributed by atoms with Crippen LogP contribution in [0.2, 0.25) is 0 Å². The van der Waals surface area contributed by atoms with Gasteiger partial charge < -0.3 is 15.5 Å². The number of likely N-dealkylation sites (tertiary alicyclic amines) is 1. The molecular formula is C15H24BrN3. The van der Waals surface area contributed by atoms with Crippen molar-refractivity contribution >= 4 is 21.6 Å². The largest absolute Gasteiger partial charge is 0.371 e. The molecule has 1 aliphatic rings. The summed E-state index contributed by atoms with van der Waals surface area (Å²) in [6.45, 7) is 6.43. The van der Waals surface area contributed by atoms with Gasteiger partial charge in [-0.15, -0.1) is 0 Å². The number of hydrogen-bond donors (Lipinski definition) is 1. The van der Waals surface area contributed by atoms with Gasteiger partial charge in [0, 0.05) is 42.9 Å². The van der Waals surface area contributed by atoms with Gasteiger partial charge in [0.1, 0.15) is 0 Å². The topological polar surface area (TPSA) is 32.5 Å². The third-order valence-electron chi connectivity index (χ3n) is 4.14. The lowest BCUT2D eigenvalue weighted by Crippen LogP contribution is -2.43. The Labute approximate surface area is 124 Å². The van der Waals surface area contributed by atoms with Crippen molar-refractivity contribution in [1.29, 1.82) is 0 Å². The molecule has 0 amide bonds. The highest BCUT2D eigenvalue weighted by Crippen LogP contribution is 2.26. The minimum atomic E-state index is 0.592. The first kappa shape index (κ1) is 14.8. The number of piperidine rings is 1. The molecule has 1 aliphatic heterocycles. The summed E-state index contributed by atoms with van der Waals surface area (Å²) in [4.78, 5) is 4.94. The van der Waals surface area contributed by atoms with Gasteiger partial charge in [-0.2, -0.15) is 0 Å². The maximum absolute atomic E-state index is 5.76. The highest BCUT2D eigenvalue weighted by molar-refractivity contribution is 9.10. The van der Waals surface area contributed by atoms with Crippen LogP contribution in [0.1, 0.15) is 25.3 Å². The Morgan fingerprint density at radius 2 is 2.00 bits per heavy atom. The predicted molar refractivity (Wildman–Crippen MR) is 85.6 cm³/mol. The van der Waals surface area contributed by atoms with E-state index >= 15 is 0 Å². The molecule has 1 fully saturated rings. The van der Waals surface area contributed by atoms with Crippen molar-refractivity contribution in [3.63, 3.8) is 0 Å². The van der Waals surface area contributed by atoms with Gasteiger partial charge in [-0.25, -0.2) is 0 Å². The van der Waals surface area contributed by atoms with Gasteiger partial charge >= 0.3 is 0 Å². The highest BCUT2D eigenvalue weighted by Gasteiger charge is 2.22. The molecule has 4 heteroatoms. The van der Waals surface area contributed by atoms with Crippen LogP contribution in [0.5, 0.6) is 0 Å². The lowest BCUT2D eigenvalue weighted by Gasteiger charge is -2.37. The Balaban J connectivity index is 2.07. The van der Waals surface area contributed by atoms with Gasteiger partial charge in [-0.1, -0.05) is 22.9 Å². The molecule has 0 unspecified atom stereocenters. The van der Waals surface area contributed by atoms with Gasteiger partial charge in [0.2, 0.25) is 0 Å².